The first-order chi connectivity index (χ1) is 13.2. The van der Waals surface area contributed by atoms with Crippen LogP contribution < -0.4 is 15.6 Å². The molecular formula is C18H15Cl5O2Si3. The van der Waals surface area contributed by atoms with Gasteiger partial charge in [-0.25, -0.2) is 0 Å². The number of rotatable bonds is 7. The van der Waals surface area contributed by atoms with Crippen molar-refractivity contribution in [3.05, 3.63) is 91.0 Å². The Morgan fingerprint density at radius 2 is 0.714 bits per heavy atom. The van der Waals surface area contributed by atoms with E-state index in [1.807, 2.05) is 54.6 Å². The SMILES string of the molecule is Cl[Si](Cl)(O[Si](Cl)(O[Si](Cl)(Cl)c1ccccc1)c1ccccc1)c1ccccc1. The normalized spacial score (nSPS) is 12.8. The van der Waals surface area contributed by atoms with Crippen LogP contribution in [0.1, 0.15) is 0 Å². The molecule has 0 saturated heterocycles. The van der Waals surface area contributed by atoms with Gasteiger partial charge in [0.25, 0.3) is 0 Å². The maximum absolute atomic E-state index is 6.96. The van der Waals surface area contributed by atoms with E-state index in [2.05, 4.69) is 0 Å². The summed E-state index contributed by atoms with van der Waals surface area (Å²) in [6.45, 7) is -6.89. The van der Waals surface area contributed by atoms with E-state index in [1.165, 1.54) is 0 Å². The van der Waals surface area contributed by atoms with Crippen molar-refractivity contribution in [3.63, 3.8) is 0 Å². The Labute approximate surface area is 190 Å². The molecule has 0 aliphatic rings. The molecule has 0 saturated carbocycles. The van der Waals surface area contributed by atoms with Gasteiger partial charge in [0, 0.05) is 5.19 Å². The minimum Gasteiger partial charge on any atom is -0.395 e. The van der Waals surface area contributed by atoms with E-state index in [-0.39, 0.29) is 0 Å². The molecule has 0 fully saturated rings. The van der Waals surface area contributed by atoms with Crippen LogP contribution in [0.3, 0.4) is 0 Å². The molecule has 146 valence electrons. The van der Waals surface area contributed by atoms with Crippen LogP contribution in [0.25, 0.3) is 0 Å². The Morgan fingerprint density at radius 1 is 0.429 bits per heavy atom. The molecule has 0 aromatic heterocycles. The lowest BCUT2D eigenvalue weighted by Crippen LogP contribution is -2.62. The molecule has 10 heteroatoms. The lowest BCUT2D eigenvalue weighted by Gasteiger charge is -2.34. The number of halogens is 5. The fourth-order valence-electron chi connectivity index (χ4n) is 2.49. The van der Waals surface area contributed by atoms with Gasteiger partial charge in [-0.05, 0) is 10.4 Å². The Bertz CT molecular complexity index is 845. The largest absolute Gasteiger partial charge is 0.461 e. The molecule has 3 rings (SSSR count). The second-order valence-electron chi connectivity index (χ2n) is 5.87. The van der Waals surface area contributed by atoms with Crippen molar-refractivity contribution in [1.82, 2.24) is 0 Å². The third-order valence-corrected chi connectivity index (χ3v) is 18.5. The molecule has 0 aliphatic carbocycles. The lowest BCUT2D eigenvalue weighted by atomic mass is 10.4. The van der Waals surface area contributed by atoms with Crippen LogP contribution in [0.4, 0.5) is 0 Å². The van der Waals surface area contributed by atoms with Crippen LogP contribution in [-0.2, 0) is 8.23 Å². The minimum atomic E-state index is -3.69. The van der Waals surface area contributed by atoms with Crippen molar-refractivity contribution in [2.24, 2.45) is 0 Å². The minimum absolute atomic E-state index is 0.625. The third kappa shape index (κ3) is 5.43. The highest BCUT2D eigenvalue weighted by Crippen LogP contribution is 2.30. The summed E-state index contributed by atoms with van der Waals surface area (Å²) in [6.07, 6.45) is 0. The van der Waals surface area contributed by atoms with Crippen LogP contribution in [0, 0.1) is 0 Å². The highest BCUT2D eigenvalue weighted by Gasteiger charge is 2.54. The third-order valence-electron chi connectivity index (χ3n) is 3.86. The van der Waals surface area contributed by atoms with Gasteiger partial charge >= 0.3 is 21.7 Å². The zero-order valence-corrected chi connectivity index (χ0v) is 21.1. The van der Waals surface area contributed by atoms with E-state index in [0.717, 1.165) is 0 Å². The second kappa shape index (κ2) is 9.22. The van der Waals surface area contributed by atoms with Gasteiger partial charge in [0.05, 0.1) is 0 Å². The summed E-state index contributed by atoms with van der Waals surface area (Å²) in [5, 5.41) is 1.94. The van der Waals surface area contributed by atoms with Crippen LogP contribution in [0.2, 0.25) is 0 Å². The summed E-state index contributed by atoms with van der Waals surface area (Å²) in [4.78, 5) is 0. The van der Waals surface area contributed by atoms with Crippen molar-refractivity contribution in [2.45, 2.75) is 0 Å². The summed E-state index contributed by atoms with van der Waals surface area (Å²) in [6, 6.07) is 27.4. The fourth-order valence-corrected chi connectivity index (χ4v) is 18.6. The zero-order chi connectivity index (χ0) is 20.3. The van der Waals surface area contributed by atoms with E-state index < -0.39 is 21.7 Å². The van der Waals surface area contributed by atoms with E-state index >= 15 is 0 Å². The van der Waals surface area contributed by atoms with E-state index in [4.69, 9.17) is 63.6 Å². The van der Waals surface area contributed by atoms with Gasteiger partial charge in [0.1, 0.15) is 0 Å². The first-order valence-electron chi connectivity index (χ1n) is 8.24. The van der Waals surface area contributed by atoms with Crippen molar-refractivity contribution in [2.75, 3.05) is 0 Å². The molecule has 0 aliphatic heterocycles. The molecule has 0 bridgehead atoms. The highest BCUT2D eigenvalue weighted by molar-refractivity contribution is 7.53. The monoisotopic (exact) mass is 522 g/mol. The standard InChI is InChI=1S/C18H15Cl5O2Si3/c19-26(20,16-10-4-1-5-11-16)24-28(23,18-14-8-3-9-15-18)25-27(21,22)17-12-6-2-7-13-17/h1-15H. The van der Waals surface area contributed by atoms with Gasteiger partial charge in [-0.15, -0.1) is 44.3 Å². The van der Waals surface area contributed by atoms with Gasteiger partial charge < -0.3 is 8.23 Å². The van der Waals surface area contributed by atoms with Crippen molar-refractivity contribution in [3.8, 4) is 0 Å². The predicted molar refractivity (Wildman–Crippen MR) is 127 cm³/mol. The molecule has 0 unspecified atom stereocenters. The average Bonchev–Trinajstić information content (AvgIpc) is 2.69. The Balaban J connectivity index is 1.99. The summed E-state index contributed by atoms with van der Waals surface area (Å²) in [5.74, 6) is 0. The molecule has 0 heterocycles. The molecule has 2 nitrogen and oxygen atoms in total. The summed E-state index contributed by atoms with van der Waals surface area (Å²) in [7, 11) is -3.69. The number of hydrogen-bond donors (Lipinski definition) is 0. The van der Waals surface area contributed by atoms with Gasteiger partial charge in [-0.1, -0.05) is 102 Å². The highest BCUT2D eigenvalue weighted by atomic mass is 35.7. The second-order valence-corrected chi connectivity index (χ2v) is 21.4. The zero-order valence-electron chi connectivity index (χ0n) is 14.4. The molecular weight excluding hydrogens is 510 g/mol. The summed E-state index contributed by atoms with van der Waals surface area (Å²) in [5.41, 5.74) is 0. The molecule has 3 aromatic carbocycles. The first kappa shape index (κ1) is 22.4. The van der Waals surface area contributed by atoms with Crippen molar-refractivity contribution >= 4 is 92.7 Å². The molecule has 0 amide bonds. The van der Waals surface area contributed by atoms with Crippen LogP contribution in [0.5, 0.6) is 0 Å². The van der Waals surface area contributed by atoms with Crippen molar-refractivity contribution < 1.29 is 8.23 Å². The smallest absolute Gasteiger partial charge is 0.395 e. The van der Waals surface area contributed by atoms with Crippen LogP contribution in [0.15, 0.2) is 91.0 Å². The Kier molecular flexibility index (Phi) is 7.37. The molecule has 3 aromatic rings. The van der Waals surface area contributed by atoms with Crippen LogP contribution >= 0.6 is 55.4 Å². The maximum atomic E-state index is 6.96. The molecule has 28 heavy (non-hydrogen) atoms. The quantitative estimate of drug-likeness (QED) is 0.328. The van der Waals surface area contributed by atoms with Gasteiger partial charge in [-0.3, -0.25) is 0 Å². The molecule has 0 radical (unpaired) electrons. The van der Waals surface area contributed by atoms with Crippen molar-refractivity contribution in [1.29, 1.82) is 0 Å². The van der Waals surface area contributed by atoms with E-state index in [9.17, 15) is 0 Å². The molecule has 0 atom stereocenters. The van der Waals surface area contributed by atoms with Gasteiger partial charge in [0.15, 0.2) is 0 Å². The average molecular weight is 525 g/mol. The number of benzene rings is 3. The van der Waals surface area contributed by atoms with Gasteiger partial charge in [-0.2, -0.15) is 0 Å². The Hall–Kier alpha value is -0.319. The van der Waals surface area contributed by atoms with E-state index in [0.29, 0.717) is 15.6 Å². The Morgan fingerprint density at radius 3 is 1.04 bits per heavy atom. The number of hydrogen-bond acceptors (Lipinski definition) is 2. The summed E-state index contributed by atoms with van der Waals surface area (Å²) < 4.78 is 12.3. The topological polar surface area (TPSA) is 18.5 Å². The first-order valence-corrected chi connectivity index (χ1v) is 18.9. The fraction of sp³-hybridized carbons (Fsp3) is 0. The van der Waals surface area contributed by atoms with Gasteiger partial charge in [0.2, 0.25) is 0 Å². The molecule has 0 spiro atoms. The predicted octanol–water partition coefficient (Wildman–Crippen LogP) is 4.75. The van der Waals surface area contributed by atoms with E-state index in [1.54, 1.807) is 36.4 Å². The summed E-state index contributed by atoms with van der Waals surface area (Å²) >= 11 is 33.6. The molecule has 0 N–H and O–H groups in total. The lowest BCUT2D eigenvalue weighted by molar-refractivity contribution is 0.452. The maximum Gasteiger partial charge on any atom is 0.461 e. The van der Waals surface area contributed by atoms with Crippen LogP contribution in [-0.4, -0.2) is 21.7 Å².